The van der Waals surface area contributed by atoms with Crippen LogP contribution in [0.15, 0.2) is 65.3 Å². The molecule has 0 radical (unpaired) electrons. The molecule has 2 saturated heterocycles. The Morgan fingerprint density at radius 1 is 0.800 bits per heavy atom. The molecule has 0 saturated carbocycles. The van der Waals surface area contributed by atoms with Gasteiger partial charge in [-0.25, -0.2) is 4.68 Å². The first-order chi connectivity index (χ1) is 26.7. The van der Waals surface area contributed by atoms with Gasteiger partial charge < -0.3 is 44.3 Å². The van der Waals surface area contributed by atoms with Gasteiger partial charge in [-0.1, -0.05) is 45.4 Å². The van der Waals surface area contributed by atoms with Gasteiger partial charge in [-0.15, -0.1) is 5.10 Å². The average Bonchev–Trinajstić information content (AvgIpc) is 3.66. The Labute approximate surface area is 325 Å². The van der Waals surface area contributed by atoms with Crippen LogP contribution < -0.4 is 4.90 Å². The summed E-state index contributed by atoms with van der Waals surface area (Å²) in [6, 6.07) is 17.9. The minimum Gasteiger partial charge on any atom is -0.394 e. The standard InChI is InChI=1S/C38H45BrN6O10/c39-25-6-4-24(5-7-25)20-42-10-12-43(13-11-42)30-9-8-29-32-27(30)2-1-3-28(32)36(50)45(37(29)51)22-26-21-44(41-40-26)14-15-52-16-17-53-18-19-54-38-35(49)34(48)33(47)31(23-46)55-38/h1-9,21,31,33-35,38,46-49H,10-20,22-23H2/t31-,33+,34+,35-,38-/m1/s1. The zero-order valence-electron chi connectivity index (χ0n) is 30.2. The molecule has 5 atom stereocenters. The Hall–Kier alpha value is -3.88. The normalized spacial score (nSPS) is 23.3. The predicted molar refractivity (Wildman–Crippen MR) is 201 cm³/mol. The number of piperazine rings is 1. The topological polar surface area (TPSA) is 192 Å². The number of carbonyl (C=O) groups is 2. The highest BCUT2D eigenvalue weighted by Crippen LogP contribution is 2.37. The fraction of sp³-hybridized carbons (Fsp3) is 0.474. The summed E-state index contributed by atoms with van der Waals surface area (Å²) in [6.45, 7) is 5.27. The Bertz CT molecular complexity index is 1920. The van der Waals surface area contributed by atoms with Gasteiger partial charge in [-0.3, -0.25) is 19.4 Å². The number of imide groups is 1. The van der Waals surface area contributed by atoms with Crippen molar-refractivity contribution in [1.29, 1.82) is 0 Å². The van der Waals surface area contributed by atoms with Crippen LogP contribution in [0, 0.1) is 0 Å². The number of halogens is 1. The van der Waals surface area contributed by atoms with Gasteiger partial charge in [-0.05, 0) is 35.9 Å². The number of nitrogens with zero attached hydrogens (tertiary/aromatic N) is 6. The van der Waals surface area contributed by atoms with E-state index < -0.39 is 37.3 Å². The van der Waals surface area contributed by atoms with E-state index in [0.29, 0.717) is 35.4 Å². The first kappa shape index (κ1) is 39.4. The van der Waals surface area contributed by atoms with Crippen molar-refractivity contribution in [2.45, 2.75) is 50.3 Å². The van der Waals surface area contributed by atoms with Crippen molar-refractivity contribution in [3.63, 3.8) is 0 Å². The molecule has 55 heavy (non-hydrogen) atoms. The van der Waals surface area contributed by atoms with Gasteiger partial charge in [0.2, 0.25) is 0 Å². The Morgan fingerprint density at radius 2 is 1.51 bits per heavy atom. The van der Waals surface area contributed by atoms with Crippen molar-refractivity contribution < 1.29 is 49.0 Å². The molecule has 16 nitrogen and oxygen atoms in total. The highest BCUT2D eigenvalue weighted by Gasteiger charge is 2.44. The lowest BCUT2D eigenvalue weighted by Crippen LogP contribution is -2.59. The molecule has 17 heteroatoms. The molecule has 0 unspecified atom stereocenters. The first-order valence-corrected chi connectivity index (χ1v) is 19.1. The molecular formula is C38H45BrN6O10. The molecule has 4 heterocycles. The number of aliphatic hydroxyl groups is 4. The van der Waals surface area contributed by atoms with Gasteiger partial charge in [0.25, 0.3) is 11.8 Å². The van der Waals surface area contributed by atoms with Crippen LogP contribution >= 0.6 is 15.9 Å². The smallest absolute Gasteiger partial charge is 0.261 e. The number of aromatic nitrogens is 3. The van der Waals surface area contributed by atoms with E-state index in [0.717, 1.165) is 48.3 Å². The summed E-state index contributed by atoms with van der Waals surface area (Å²) < 4.78 is 24.4. The van der Waals surface area contributed by atoms with Crippen LogP contribution in [0.25, 0.3) is 10.8 Å². The largest absolute Gasteiger partial charge is 0.394 e. The average molecular weight is 826 g/mol. The third-order valence-electron chi connectivity index (χ3n) is 10.1. The maximum Gasteiger partial charge on any atom is 0.261 e. The quantitative estimate of drug-likeness (QED) is 0.0930. The molecule has 4 N–H and O–H groups in total. The number of hydrogen-bond donors (Lipinski definition) is 4. The van der Waals surface area contributed by atoms with Crippen LogP contribution in [0.3, 0.4) is 0 Å². The zero-order chi connectivity index (χ0) is 38.5. The number of hydrogen-bond acceptors (Lipinski definition) is 14. The van der Waals surface area contributed by atoms with E-state index in [2.05, 4.69) is 60.3 Å². The maximum atomic E-state index is 13.8. The van der Waals surface area contributed by atoms with Crippen molar-refractivity contribution in [2.24, 2.45) is 0 Å². The third-order valence-corrected chi connectivity index (χ3v) is 10.6. The van der Waals surface area contributed by atoms with Crippen molar-refractivity contribution >= 4 is 44.2 Å². The second-order valence-electron chi connectivity index (χ2n) is 13.7. The summed E-state index contributed by atoms with van der Waals surface area (Å²) in [4.78, 5) is 33.6. The number of anilines is 1. The highest BCUT2D eigenvalue weighted by atomic mass is 79.9. The summed E-state index contributed by atoms with van der Waals surface area (Å²) in [5, 5.41) is 48.9. The lowest BCUT2D eigenvalue weighted by Gasteiger charge is -2.39. The predicted octanol–water partition coefficient (Wildman–Crippen LogP) is 1.16. The van der Waals surface area contributed by atoms with E-state index in [1.54, 1.807) is 16.9 Å². The van der Waals surface area contributed by atoms with E-state index in [4.69, 9.17) is 18.9 Å². The molecule has 0 spiro atoms. The number of aliphatic hydroxyl groups excluding tert-OH is 4. The van der Waals surface area contributed by atoms with Gasteiger partial charge in [0.1, 0.15) is 30.1 Å². The van der Waals surface area contributed by atoms with E-state index >= 15 is 0 Å². The van der Waals surface area contributed by atoms with Crippen molar-refractivity contribution in [3.05, 3.63) is 87.7 Å². The van der Waals surface area contributed by atoms with Crippen molar-refractivity contribution in [1.82, 2.24) is 24.8 Å². The lowest BCUT2D eigenvalue weighted by molar-refractivity contribution is -0.302. The summed E-state index contributed by atoms with van der Waals surface area (Å²) in [5.41, 5.74) is 3.75. The van der Waals surface area contributed by atoms with E-state index in [1.165, 1.54) is 10.5 Å². The van der Waals surface area contributed by atoms with E-state index in [-0.39, 0.29) is 44.8 Å². The van der Waals surface area contributed by atoms with Crippen LogP contribution in [-0.2, 0) is 38.6 Å². The fourth-order valence-corrected chi connectivity index (χ4v) is 7.40. The number of rotatable bonds is 16. The molecule has 3 aromatic carbocycles. The summed E-state index contributed by atoms with van der Waals surface area (Å²) in [7, 11) is 0. The summed E-state index contributed by atoms with van der Waals surface area (Å²) >= 11 is 3.50. The number of amides is 2. The Balaban J connectivity index is 0.858. The fourth-order valence-electron chi connectivity index (χ4n) is 7.14. The summed E-state index contributed by atoms with van der Waals surface area (Å²) in [6.07, 6.45) is -4.98. The lowest BCUT2D eigenvalue weighted by atomic mass is 9.92. The molecule has 294 valence electrons. The molecule has 2 amide bonds. The van der Waals surface area contributed by atoms with Crippen LogP contribution in [0.4, 0.5) is 5.69 Å². The second-order valence-corrected chi connectivity index (χ2v) is 14.6. The van der Waals surface area contributed by atoms with E-state index in [9.17, 15) is 30.0 Å². The Morgan fingerprint density at radius 3 is 2.25 bits per heavy atom. The van der Waals surface area contributed by atoms with Crippen LogP contribution in [-0.4, -0.2) is 154 Å². The molecule has 0 bridgehead atoms. The minimum atomic E-state index is -1.50. The van der Waals surface area contributed by atoms with Crippen LogP contribution in [0.2, 0.25) is 0 Å². The van der Waals surface area contributed by atoms with Gasteiger partial charge in [0, 0.05) is 64.8 Å². The summed E-state index contributed by atoms with van der Waals surface area (Å²) in [5.74, 6) is -0.730. The maximum absolute atomic E-state index is 13.8. The molecule has 2 fully saturated rings. The number of carbonyl (C=O) groups excluding carboxylic acids is 2. The SMILES string of the molecule is O=C1c2cccc3c(N4CCN(Cc5ccc(Br)cc5)CC4)ccc(c23)C(=O)N1Cc1cn(CCOCCOCCO[C@@H]2O[C@H](CO)[C@H](O)[C@H](O)[C@H]2O)nn1. The zero-order valence-corrected chi connectivity index (χ0v) is 31.7. The number of benzene rings is 3. The second kappa shape index (κ2) is 17.9. The third kappa shape index (κ3) is 8.91. The van der Waals surface area contributed by atoms with Crippen LogP contribution in [0.5, 0.6) is 0 Å². The van der Waals surface area contributed by atoms with Gasteiger partial charge in [-0.2, -0.15) is 0 Å². The first-order valence-electron chi connectivity index (χ1n) is 18.3. The highest BCUT2D eigenvalue weighted by molar-refractivity contribution is 9.10. The van der Waals surface area contributed by atoms with Gasteiger partial charge in [0.15, 0.2) is 6.29 Å². The van der Waals surface area contributed by atoms with Gasteiger partial charge in [0.05, 0.1) is 58.9 Å². The molecule has 3 aliphatic heterocycles. The van der Waals surface area contributed by atoms with Gasteiger partial charge >= 0.3 is 0 Å². The monoisotopic (exact) mass is 824 g/mol. The molecule has 3 aliphatic rings. The molecular weight excluding hydrogens is 780 g/mol. The minimum absolute atomic E-state index is 0.0184. The van der Waals surface area contributed by atoms with Crippen molar-refractivity contribution in [2.75, 3.05) is 70.7 Å². The molecule has 4 aromatic rings. The molecule has 7 rings (SSSR count). The van der Waals surface area contributed by atoms with Crippen LogP contribution in [0.1, 0.15) is 32.0 Å². The van der Waals surface area contributed by atoms with E-state index in [1.807, 2.05) is 24.3 Å². The number of ether oxygens (including phenoxy) is 4. The van der Waals surface area contributed by atoms with Crippen molar-refractivity contribution in [3.8, 4) is 0 Å². The molecule has 0 aliphatic carbocycles. The molecule has 1 aromatic heterocycles. The Kier molecular flexibility index (Phi) is 12.8.